The summed E-state index contributed by atoms with van der Waals surface area (Å²) in [5.74, 6) is 3.25. The molecule has 4 rings (SSSR count). The zero-order chi connectivity index (χ0) is 14.4. The first-order valence-corrected chi connectivity index (χ1v) is 8.14. The van der Waals surface area contributed by atoms with Crippen molar-refractivity contribution in [1.29, 1.82) is 0 Å². The van der Waals surface area contributed by atoms with E-state index in [-0.39, 0.29) is 0 Å². The van der Waals surface area contributed by atoms with Gasteiger partial charge in [0.2, 0.25) is 0 Å². The van der Waals surface area contributed by atoms with Crippen molar-refractivity contribution in [3.63, 3.8) is 0 Å². The van der Waals surface area contributed by atoms with Crippen molar-refractivity contribution < 1.29 is 9.05 Å². The summed E-state index contributed by atoms with van der Waals surface area (Å²) < 4.78 is 11.2. The Kier molecular flexibility index (Phi) is 3.12. The van der Waals surface area contributed by atoms with Crippen LogP contribution < -0.4 is 0 Å². The van der Waals surface area contributed by atoms with Crippen LogP contribution in [0.5, 0.6) is 0 Å². The van der Waals surface area contributed by atoms with Gasteiger partial charge in [-0.15, -0.1) is 0 Å². The molecule has 2 saturated carbocycles. The van der Waals surface area contributed by atoms with E-state index in [1.165, 1.54) is 49.7 Å². The van der Waals surface area contributed by atoms with Crippen LogP contribution in [0.25, 0.3) is 0 Å². The van der Waals surface area contributed by atoms with Gasteiger partial charge in [0, 0.05) is 23.0 Å². The van der Waals surface area contributed by atoms with E-state index in [0.29, 0.717) is 18.3 Å². The van der Waals surface area contributed by atoms with Crippen LogP contribution in [0.1, 0.15) is 84.4 Å². The lowest BCUT2D eigenvalue weighted by Crippen LogP contribution is -2.10. The zero-order valence-corrected chi connectivity index (χ0v) is 12.8. The fourth-order valence-corrected chi connectivity index (χ4v) is 3.36. The van der Waals surface area contributed by atoms with Crippen molar-refractivity contribution in [3.8, 4) is 0 Å². The summed E-state index contributed by atoms with van der Waals surface area (Å²) in [7, 11) is 0. The Morgan fingerprint density at radius 3 is 2.24 bits per heavy atom. The normalized spacial score (nSPS) is 19.5. The first-order chi connectivity index (χ1) is 10.2. The van der Waals surface area contributed by atoms with E-state index in [1.807, 2.05) is 0 Å². The lowest BCUT2D eigenvalue weighted by Gasteiger charge is -2.23. The molecule has 2 aliphatic rings. The van der Waals surface area contributed by atoms with E-state index >= 15 is 0 Å². The highest BCUT2D eigenvalue weighted by atomic mass is 16.5. The highest BCUT2D eigenvalue weighted by Crippen LogP contribution is 2.40. The van der Waals surface area contributed by atoms with Gasteiger partial charge in [-0.2, -0.15) is 0 Å². The average Bonchev–Trinajstić information content (AvgIpc) is 2.86. The Hall–Kier alpha value is -1.58. The minimum Gasteiger partial charge on any atom is -0.361 e. The molecule has 21 heavy (non-hydrogen) atoms. The standard InChI is InChI=1S/C17H22N2O2/c1-10-14(18-21-17(10)13-7-4-8-13)9-15-11(2)16(19-20-15)12-5-3-6-12/h12-13H,3-9H2,1-2H3. The Labute approximate surface area is 124 Å². The first kappa shape index (κ1) is 13.1. The molecule has 0 bridgehead atoms. The molecule has 0 aliphatic heterocycles. The van der Waals surface area contributed by atoms with Crippen molar-refractivity contribution >= 4 is 0 Å². The van der Waals surface area contributed by atoms with Crippen LogP contribution >= 0.6 is 0 Å². The maximum atomic E-state index is 5.59. The molecule has 0 spiro atoms. The van der Waals surface area contributed by atoms with Gasteiger partial charge in [0.25, 0.3) is 0 Å². The maximum absolute atomic E-state index is 5.59. The van der Waals surface area contributed by atoms with Crippen LogP contribution in [-0.4, -0.2) is 10.3 Å². The molecule has 0 unspecified atom stereocenters. The fraction of sp³-hybridized carbons (Fsp3) is 0.647. The molecule has 4 heteroatoms. The van der Waals surface area contributed by atoms with E-state index < -0.39 is 0 Å². The fourth-order valence-electron chi connectivity index (χ4n) is 3.36. The summed E-state index contributed by atoms with van der Waals surface area (Å²) in [6, 6.07) is 0. The molecular weight excluding hydrogens is 264 g/mol. The third-order valence-electron chi connectivity index (χ3n) is 5.41. The van der Waals surface area contributed by atoms with E-state index in [4.69, 9.17) is 9.05 Å². The second-order valence-electron chi connectivity index (χ2n) is 6.67. The molecule has 2 fully saturated rings. The van der Waals surface area contributed by atoms with E-state index in [2.05, 4.69) is 24.2 Å². The van der Waals surface area contributed by atoms with Crippen LogP contribution in [0.15, 0.2) is 9.05 Å². The van der Waals surface area contributed by atoms with Gasteiger partial charge in [0.15, 0.2) is 0 Å². The summed E-state index contributed by atoms with van der Waals surface area (Å²) in [6.07, 6.45) is 8.31. The van der Waals surface area contributed by atoms with Crippen LogP contribution in [0.4, 0.5) is 0 Å². The van der Waals surface area contributed by atoms with Crippen molar-refractivity contribution in [3.05, 3.63) is 34.0 Å². The van der Waals surface area contributed by atoms with Crippen LogP contribution in [0.2, 0.25) is 0 Å². The predicted molar refractivity (Wildman–Crippen MR) is 78.5 cm³/mol. The summed E-state index contributed by atoms with van der Waals surface area (Å²) in [5, 5.41) is 8.58. The minimum absolute atomic E-state index is 0.590. The molecule has 0 atom stereocenters. The van der Waals surface area contributed by atoms with Gasteiger partial charge >= 0.3 is 0 Å². The number of rotatable bonds is 4. The van der Waals surface area contributed by atoms with Crippen molar-refractivity contribution in [2.75, 3.05) is 0 Å². The molecule has 2 aromatic rings. The lowest BCUT2D eigenvalue weighted by atomic mass is 9.81. The Bertz CT molecular complexity index is 592. The molecule has 0 saturated heterocycles. The summed E-state index contributed by atoms with van der Waals surface area (Å²) in [6.45, 7) is 4.25. The van der Waals surface area contributed by atoms with E-state index in [9.17, 15) is 0 Å². The Morgan fingerprint density at radius 2 is 1.62 bits per heavy atom. The van der Waals surface area contributed by atoms with Gasteiger partial charge in [-0.05, 0) is 39.5 Å². The molecule has 2 aromatic heterocycles. The van der Waals surface area contributed by atoms with Crippen molar-refractivity contribution in [2.45, 2.75) is 70.6 Å². The summed E-state index contributed by atoms with van der Waals surface area (Å²) in [4.78, 5) is 0. The first-order valence-electron chi connectivity index (χ1n) is 8.14. The molecule has 2 heterocycles. The van der Waals surface area contributed by atoms with E-state index in [1.54, 1.807) is 0 Å². The molecule has 0 aromatic carbocycles. The van der Waals surface area contributed by atoms with Crippen molar-refractivity contribution in [1.82, 2.24) is 10.3 Å². The molecule has 0 N–H and O–H groups in total. The smallest absolute Gasteiger partial charge is 0.146 e. The van der Waals surface area contributed by atoms with Gasteiger partial charge < -0.3 is 9.05 Å². The second kappa shape index (κ2) is 5.00. The topological polar surface area (TPSA) is 52.1 Å². The molecule has 0 amide bonds. The van der Waals surface area contributed by atoms with E-state index in [0.717, 1.165) is 22.9 Å². The second-order valence-corrected chi connectivity index (χ2v) is 6.67. The largest absolute Gasteiger partial charge is 0.361 e. The van der Waals surface area contributed by atoms with Crippen LogP contribution in [-0.2, 0) is 6.42 Å². The number of hydrogen-bond acceptors (Lipinski definition) is 4. The zero-order valence-electron chi connectivity index (χ0n) is 12.8. The third kappa shape index (κ3) is 2.12. The van der Waals surface area contributed by atoms with Gasteiger partial charge in [-0.3, -0.25) is 0 Å². The van der Waals surface area contributed by atoms with Crippen molar-refractivity contribution in [2.24, 2.45) is 0 Å². The highest BCUT2D eigenvalue weighted by molar-refractivity contribution is 5.32. The monoisotopic (exact) mass is 286 g/mol. The Morgan fingerprint density at radius 1 is 0.905 bits per heavy atom. The third-order valence-corrected chi connectivity index (χ3v) is 5.41. The predicted octanol–water partition coefficient (Wildman–Crippen LogP) is 4.41. The maximum Gasteiger partial charge on any atom is 0.146 e. The number of hydrogen-bond donors (Lipinski definition) is 0. The molecule has 4 nitrogen and oxygen atoms in total. The lowest BCUT2D eigenvalue weighted by molar-refractivity contribution is 0.296. The molecule has 112 valence electrons. The van der Waals surface area contributed by atoms with Crippen LogP contribution in [0, 0.1) is 13.8 Å². The molecule has 0 radical (unpaired) electrons. The summed E-state index contributed by atoms with van der Waals surface area (Å²) >= 11 is 0. The highest BCUT2D eigenvalue weighted by Gasteiger charge is 2.29. The van der Waals surface area contributed by atoms with Crippen LogP contribution in [0.3, 0.4) is 0 Å². The van der Waals surface area contributed by atoms with Gasteiger partial charge in [-0.25, -0.2) is 0 Å². The number of nitrogens with zero attached hydrogens (tertiary/aromatic N) is 2. The van der Waals surface area contributed by atoms with Gasteiger partial charge in [-0.1, -0.05) is 23.2 Å². The molecular formula is C17H22N2O2. The molecule has 2 aliphatic carbocycles. The average molecular weight is 286 g/mol. The SMILES string of the molecule is Cc1c(C2CCC2)noc1Cc1noc(C2CCC2)c1C. The summed E-state index contributed by atoms with van der Waals surface area (Å²) in [5.41, 5.74) is 4.60. The Balaban J connectivity index is 1.55. The number of aromatic nitrogens is 2. The minimum atomic E-state index is 0.590. The van der Waals surface area contributed by atoms with Gasteiger partial charge in [0.05, 0.1) is 17.8 Å². The van der Waals surface area contributed by atoms with Gasteiger partial charge in [0.1, 0.15) is 11.5 Å². The quantitative estimate of drug-likeness (QED) is 0.835.